The zero-order chi connectivity index (χ0) is 23.9. The highest BCUT2D eigenvalue weighted by Crippen LogP contribution is 2.40. The van der Waals surface area contributed by atoms with Gasteiger partial charge in [0.2, 0.25) is 0 Å². The van der Waals surface area contributed by atoms with Crippen molar-refractivity contribution in [3.05, 3.63) is 47.0 Å². The smallest absolute Gasteiger partial charge is 0.295 e. The lowest BCUT2D eigenvalue weighted by atomic mass is 10.1. The first-order valence-electron chi connectivity index (χ1n) is 9.67. The van der Waals surface area contributed by atoms with Gasteiger partial charge in [-0.3, -0.25) is 9.02 Å². The molecule has 0 saturated carbocycles. The number of nitrogens with zero attached hydrogens (tertiary/aromatic N) is 6. The van der Waals surface area contributed by atoms with Crippen molar-refractivity contribution in [3.8, 4) is 11.3 Å². The molecule has 0 bridgehead atoms. The van der Waals surface area contributed by atoms with Crippen molar-refractivity contribution < 1.29 is 8.78 Å². The Morgan fingerprint density at radius 2 is 1.97 bits per heavy atom. The summed E-state index contributed by atoms with van der Waals surface area (Å²) in [6.07, 6.45) is -0.730. The molecule has 13 heteroatoms. The van der Waals surface area contributed by atoms with E-state index in [1.165, 1.54) is 4.34 Å². The number of halogens is 4. The second kappa shape index (κ2) is 9.89. The molecule has 0 spiro atoms. The quantitative estimate of drug-likeness (QED) is 0.104. The van der Waals surface area contributed by atoms with Gasteiger partial charge in [0.25, 0.3) is 6.43 Å². The number of pyridine rings is 1. The fourth-order valence-electron chi connectivity index (χ4n) is 3.36. The minimum Gasteiger partial charge on any atom is -0.352 e. The normalized spacial score (nSPS) is 11.9. The van der Waals surface area contributed by atoms with Gasteiger partial charge in [0, 0.05) is 37.7 Å². The zero-order valence-electron chi connectivity index (χ0n) is 18.1. The molecule has 0 fully saturated rings. The first-order chi connectivity index (χ1) is 15.7. The van der Waals surface area contributed by atoms with Crippen molar-refractivity contribution in [2.45, 2.75) is 13.3 Å². The van der Waals surface area contributed by atoms with Crippen LogP contribution in [0, 0.1) is 6.92 Å². The predicted octanol–water partition coefficient (Wildman–Crippen LogP) is 6.98. The Kier molecular flexibility index (Phi) is 7.32. The molecule has 7 nitrogen and oxygen atoms in total. The van der Waals surface area contributed by atoms with Crippen LogP contribution >= 0.6 is 52.0 Å². The lowest BCUT2D eigenvalue weighted by molar-refractivity contribution is 0.140. The van der Waals surface area contributed by atoms with E-state index in [9.17, 15) is 8.78 Å². The van der Waals surface area contributed by atoms with Crippen molar-refractivity contribution in [2.75, 3.05) is 22.9 Å². The van der Waals surface area contributed by atoms with E-state index in [4.69, 9.17) is 11.6 Å². The standard InChI is InChI=1S/C20H20ClF2IN7PS/c1-10-7-13(28-29(10)2)11-5-6-12(15(8-11)30(3)33-4)25-14-9-16(21)26-19-17(14)27-20(18(22)23)31(19)32-24/h5-9,18,32H,1-4H3,(H,25,26). The highest BCUT2D eigenvalue weighted by atomic mass is 127. The molecule has 1 atom stereocenters. The number of nitrogens with one attached hydrogen (secondary N) is 1. The first kappa shape index (κ1) is 24.4. The fourth-order valence-corrected chi connectivity index (χ4v) is 5.79. The van der Waals surface area contributed by atoms with Crippen LogP contribution in [0.15, 0.2) is 30.3 Å². The van der Waals surface area contributed by atoms with Crippen molar-refractivity contribution in [3.63, 3.8) is 0 Å². The molecule has 4 aromatic rings. The maximum absolute atomic E-state index is 13.6. The molecule has 33 heavy (non-hydrogen) atoms. The summed E-state index contributed by atoms with van der Waals surface area (Å²) in [4.78, 5) is 8.45. The largest absolute Gasteiger partial charge is 0.352 e. The molecule has 0 aliphatic rings. The van der Waals surface area contributed by atoms with Crippen LogP contribution in [0.5, 0.6) is 0 Å². The van der Waals surface area contributed by atoms with E-state index in [2.05, 4.69) is 20.4 Å². The Hall–Kier alpha value is -1.69. The van der Waals surface area contributed by atoms with E-state index in [0.717, 1.165) is 28.3 Å². The van der Waals surface area contributed by atoms with Crippen LogP contribution in [0.3, 0.4) is 0 Å². The average molecular weight is 622 g/mol. The number of alkyl halides is 2. The van der Waals surface area contributed by atoms with E-state index in [-0.39, 0.29) is 17.4 Å². The summed E-state index contributed by atoms with van der Waals surface area (Å²) in [6, 6.07) is 9.58. The van der Waals surface area contributed by atoms with Crippen LogP contribution in [-0.4, -0.2) is 37.4 Å². The second-order valence-corrected chi connectivity index (χ2v) is 10.6. The van der Waals surface area contributed by atoms with Gasteiger partial charge in [-0.05, 0) is 47.2 Å². The molecule has 0 aliphatic carbocycles. The molecule has 0 aliphatic heterocycles. The van der Waals surface area contributed by atoms with Crippen LogP contribution in [0.4, 0.5) is 25.8 Å². The number of hydrogen-bond donors (Lipinski definition) is 1. The Balaban J connectivity index is 1.83. The number of aromatic nitrogens is 5. The minimum atomic E-state index is -2.72. The van der Waals surface area contributed by atoms with Gasteiger partial charge in [0.15, 0.2) is 11.5 Å². The molecule has 3 aromatic heterocycles. The third-order valence-corrected chi connectivity index (χ3v) is 8.18. The van der Waals surface area contributed by atoms with E-state index in [1.807, 2.05) is 82.6 Å². The Labute approximate surface area is 213 Å². The summed E-state index contributed by atoms with van der Waals surface area (Å²) >= 11 is 9.83. The number of hydrogen-bond acceptors (Lipinski definition) is 6. The van der Waals surface area contributed by atoms with Gasteiger partial charge in [0.05, 0.1) is 29.1 Å². The summed E-state index contributed by atoms with van der Waals surface area (Å²) in [6.45, 7) is 2.00. The van der Waals surface area contributed by atoms with E-state index < -0.39 is 6.43 Å². The third-order valence-electron chi connectivity index (χ3n) is 5.18. The first-order valence-corrected chi connectivity index (χ1v) is 15.3. The maximum Gasteiger partial charge on any atom is 0.295 e. The lowest BCUT2D eigenvalue weighted by Crippen LogP contribution is -2.08. The number of fused-ring (bicyclic) bond motifs is 1. The number of anilines is 3. The van der Waals surface area contributed by atoms with Gasteiger partial charge in [-0.2, -0.15) is 5.10 Å². The summed E-state index contributed by atoms with van der Waals surface area (Å²) in [5, 5.41) is 8.11. The molecule has 1 unspecified atom stereocenters. The van der Waals surface area contributed by atoms with Gasteiger partial charge < -0.3 is 9.62 Å². The van der Waals surface area contributed by atoms with E-state index >= 15 is 0 Å². The van der Waals surface area contributed by atoms with Crippen molar-refractivity contribution in [2.24, 2.45) is 7.05 Å². The fraction of sp³-hybridized carbons (Fsp3) is 0.250. The molecule has 0 saturated heterocycles. The highest BCUT2D eigenvalue weighted by molar-refractivity contribution is 14.2. The van der Waals surface area contributed by atoms with E-state index in [1.54, 1.807) is 18.0 Å². The maximum atomic E-state index is 13.6. The van der Waals surface area contributed by atoms with Crippen molar-refractivity contribution in [1.29, 1.82) is 0 Å². The predicted molar refractivity (Wildman–Crippen MR) is 144 cm³/mol. The minimum absolute atomic E-state index is 0.0120. The number of aryl methyl sites for hydroxylation is 2. The summed E-state index contributed by atoms with van der Waals surface area (Å²) < 4.78 is 32.4. The number of rotatable bonds is 7. The summed E-state index contributed by atoms with van der Waals surface area (Å²) in [7, 11) is 3.86. The summed E-state index contributed by atoms with van der Waals surface area (Å²) in [5.74, 6) is -0.321. The van der Waals surface area contributed by atoms with Gasteiger partial charge in [-0.25, -0.2) is 18.7 Å². The SMILES string of the molecule is CSN(C)c1cc(-c2cc(C)n(C)n2)ccc1Nc1cc(Cl)nc2c1nc(C(F)F)n2PI. The highest BCUT2D eigenvalue weighted by Gasteiger charge is 2.23. The molecule has 4 rings (SSSR count). The van der Waals surface area contributed by atoms with Crippen LogP contribution in [0.25, 0.3) is 22.4 Å². The van der Waals surface area contributed by atoms with Crippen molar-refractivity contribution >= 4 is 80.2 Å². The molecule has 1 N–H and O–H groups in total. The Bertz CT molecular complexity index is 1310. The Morgan fingerprint density at radius 1 is 1.21 bits per heavy atom. The molecule has 0 radical (unpaired) electrons. The molecule has 3 heterocycles. The monoisotopic (exact) mass is 621 g/mol. The van der Waals surface area contributed by atoms with Gasteiger partial charge in [-0.1, -0.05) is 29.6 Å². The molecule has 1 aromatic carbocycles. The zero-order valence-corrected chi connectivity index (χ0v) is 22.8. The van der Waals surface area contributed by atoms with Crippen LogP contribution in [-0.2, 0) is 7.05 Å². The van der Waals surface area contributed by atoms with Gasteiger partial charge >= 0.3 is 0 Å². The second-order valence-electron chi connectivity index (χ2n) is 7.19. The van der Waals surface area contributed by atoms with E-state index in [0.29, 0.717) is 16.9 Å². The van der Waals surface area contributed by atoms with Crippen LogP contribution < -0.4 is 9.62 Å². The molecular formula is C20H20ClF2IN7PS. The van der Waals surface area contributed by atoms with Gasteiger partial charge in [0.1, 0.15) is 10.7 Å². The average Bonchev–Trinajstić information content (AvgIpc) is 3.33. The third kappa shape index (κ3) is 4.78. The Morgan fingerprint density at radius 3 is 2.58 bits per heavy atom. The number of benzene rings is 1. The topological polar surface area (TPSA) is 63.8 Å². The molecular weight excluding hydrogens is 602 g/mol. The molecule has 174 valence electrons. The lowest BCUT2D eigenvalue weighted by Gasteiger charge is -2.21. The summed E-state index contributed by atoms with van der Waals surface area (Å²) in [5.41, 5.74) is 5.75. The van der Waals surface area contributed by atoms with Crippen LogP contribution in [0.2, 0.25) is 5.15 Å². The van der Waals surface area contributed by atoms with Crippen LogP contribution in [0.1, 0.15) is 17.9 Å². The van der Waals surface area contributed by atoms with Gasteiger partial charge in [-0.15, -0.1) is 0 Å². The molecule has 0 amide bonds. The van der Waals surface area contributed by atoms with Crippen molar-refractivity contribution in [1.82, 2.24) is 24.1 Å². The number of imidazole rings is 1.